The van der Waals surface area contributed by atoms with E-state index in [9.17, 15) is 9.59 Å². The average molecular weight is 350 g/mol. The zero-order valence-corrected chi connectivity index (χ0v) is 14.6. The van der Waals surface area contributed by atoms with Gasteiger partial charge in [0.05, 0.1) is 11.3 Å². The zero-order chi connectivity index (χ0) is 17.6. The predicted molar refractivity (Wildman–Crippen MR) is 102 cm³/mol. The highest BCUT2D eigenvalue weighted by molar-refractivity contribution is 7.12. The summed E-state index contributed by atoms with van der Waals surface area (Å²) in [5.41, 5.74) is 3.31. The number of hydrogen-bond donors (Lipinski definition) is 2. The van der Waals surface area contributed by atoms with Crippen LogP contribution >= 0.6 is 11.3 Å². The third-order valence-corrected chi connectivity index (χ3v) is 4.58. The molecule has 1 heterocycles. The highest BCUT2D eigenvalue weighted by Gasteiger charge is 2.10. The molecule has 2 amide bonds. The van der Waals surface area contributed by atoms with E-state index >= 15 is 0 Å². The minimum absolute atomic E-state index is 0.0685. The van der Waals surface area contributed by atoms with Crippen LogP contribution in [0.15, 0.2) is 66.0 Å². The zero-order valence-electron chi connectivity index (χ0n) is 13.8. The lowest BCUT2D eigenvalue weighted by Crippen LogP contribution is -2.15. The fraction of sp³-hybridized carbons (Fsp3) is 0.100. The number of rotatable bonds is 5. The summed E-state index contributed by atoms with van der Waals surface area (Å²) in [5, 5.41) is 7.65. The average Bonchev–Trinajstić information content (AvgIpc) is 3.13. The fourth-order valence-electron chi connectivity index (χ4n) is 2.46. The Balaban J connectivity index is 1.63. The molecule has 4 nitrogen and oxygen atoms in total. The SMILES string of the molecule is Cc1cc(NC(=O)Cc2ccccc2)ccc1NC(=O)c1cccs1. The lowest BCUT2D eigenvalue weighted by Gasteiger charge is -2.11. The van der Waals surface area contributed by atoms with Crippen molar-refractivity contribution in [2.75, 3.05) is 10.6 Å². The maximum Gasteiger partial charge on any atom is 0.265 e. The van der Waals surface area contributed by atoms with Crippen LogP contribution in [0.1, 0.15) is 20.8 Å². The smallest absolute Gasteiger partial charge is 0.265 e. The van der Waals surface area contributed by atoms with Crippen LogP contribution in [0.2, 0.25) is 0 Å². The molecule has 0 aliphatic carbocycles. The molecule has 0 radical (unpaired) electrons. The van der Waals surface area contributed by atoms with Crippen LogP contribution in [0.4, 0.5) is 11.4 Å². The lowest BCUT2D eigenvalue weighted by atomic mass is 10.1. The highest BCUT2D eigenvalue weighted by Crippen LogP contribution is 2.21. The third-order valence-electron chi connectivity index (χ3n) is 3.71. The molecule has 3 aromatic rings. The first kappa shape index (κ1) is 16.9. The van der Waals surface area contributed by atoms with Crippen LogP contribution in [-0.2, 0) is 11.2 Å². The van der Waals surface area contributed by atoms with Gasteiger partial charge in [-0.3, -0.25) is 9.59 Å². The number of carbonyl (C=O) groups is 2. The largest absolute Gasteiger partial charge is 0.326 e. The molecule has 0 atom stereocenters. The van der Waals surface area contributed by atoms with Gasteiger partial charge < -0.3 is 10.6 Å². The van der Waals surface area contributed by atoms with E-state index in [-0.39, 0.29) is 11.8 Å². The van der Waals surface area contributed by atoms with E-state index in [4.69, 9.17) is 0 Å². The Labute approximate surface area is 150 Å². The minimum atomic E-state index is -0.126. The normalized spacial score (nSPS) is 10.3. The Morgan fingerprint density at radius 3 is 2.44 bits per heavy atom. The molecule has 0 fully saturated rings. The van der Waals surface area contributed by atoms with Gasteiger partial charge in [-0.15, -0.1) is 11.3 Å². The van der Waals surface area contributed by atoms with E-state index < -0.39 is 0 Å². The molecule has 0 saturated heterocycles. The predicted octanol–water partition coefficient (Wildman–Crippen LogP) is 4.49. The fourth-order valence-corrected chi connectivity index (χ4v) is 3.08. The van der Waals surface area contributed by atoms with Gasteiger partial charge in [-0.2, -0.15) is 0 Å². The number of nitrogens with one attached hydrogen (secondary N) is 2. The minimum Gasteiger partial charge on any atom is -0.326 e. The highest BCUT2D eigenvalue weighted by atomic mass is 32.1. The van der Waals surface area contributed by atoms with Gasteiger partial charge in [-0.25, -0.2) is 0 Å². The summed E-state index contributed by atoms with van der Waals surface area (Å²) in [7, 11) is 0. The molecule has 0 aliphatic rings. The number of hydrogen-bond acceptors (Lipinski definition) is 3. The second-order valence-electron chi connectivity index (χ2n) is 5.67. The summed E-state index contributed by atoms with van der Waals surface area (Å²) in [5.74, 6) is -0.195. The van der Waals surface area contributed by atoms with Gasteiger partial charge in [0.2, 0.25) is 5.91 Å². The van der Waals surface area contributed by atoms with Crippen LogP contribution in [0.5, 0.6) is 0 Å². The van der Waals surface area contributed by atoms with E-state index in [2.05, 4.69) is 10.6 Å². The van der Waals surface area contributed by atoms with Gasteiger partial charge in [0.1, 0.15) is 0 Å². The second-order valence-corrected chi connectivity index (χ2v) is 6.62. The number of carbonyl (C=O) groups excluding carboxylic acids is 2. The van der Waals surface area contributed by atoms with Crippen molar-refractivity contribution in [1.29, 1.82) is 0 Å². The molecule has 0 spiro atoms. The standard InChI is InChI=1S/C20H18N2O2S/c1-14-12-16(21-19(23)13-15-6-3-2-4-7-15)9-10-17(14)22-20(24)18-8-5-11-25-18/h2-12H,13H2,1H3,(H,21,23)(H,22,24). The van der Waals surface area contributed by atoms with Gasteiger partial charge in [0.25, 0.3) is 5.91 Å². The molecule has 2 N–H and O–H groups in total. The van der Waals surface area contributed by atoms with Crippen LogP contribution in [-0.4, -0.2) is 11.8 Å². The Morgan fingerprint density at radius 2 is 1.76 bits per heavy atom. The summed E-state index contributed by atoms with van der Waals surface area (Å²) in [6.45, 7) is 1.90. The van der Waals surface area contributed by atoms with Crippen LogP contribution in [0.3, 0.4) is 0 Å². The van der Waals surface area contributed by atoms with E-state index in [1.165, 1.54) is 11.3 Å². The van der Waals surface area contributed by atoms with Gasteiger partial charge in [-0.1, -0.05) is 36.4 Å². The van der Waals surface area contributed by atoms with Crippen molar-refractivity contribution in [3.63, 3.8) is 0 Å². The number of amides is 2. The maximum absolute atomic E-state index is 12.1. The summed E-state index contributed by atoms with van der Waals surface area (Å²) >= 11 is 1.40. The molecule has 126 valence electrons. The Bertz CT molecular complexity index is 874. The van der Waals surface area contributed by atoms with Crippen LogP contribution in [0.25, 0.3) is 0 Å². The number of thiophene rings is 1. The number of anilines is 2. The topological polar surface area (TPSA) is 58.2 Å². The third kappa shape index (κ3) is 4.55. The van der Waals surface area contributed by atoms with E-state index in [0.29, 0.717) is 17.0 Å². The summed E-state index contributed by atoms with van der Waals surface area (Å²) in [6, 6.07) is 18.7. The van der Waals surface area contributed by atoms with Crippen LogP contribution < -0.4 is 10.6 Å². The van der Waals surface area contributed by atoms with Crippen molar-refractivity contribution >= 4 is 34.5 Å². The quantitative estimate of drug-likeness (QED) is 0.712. The molecule has 0 aliphatic heterocycles. The Hall–Kier alpha value is -2.92. The first-order valence-corrected chi connectivity index (χ1v) is 8.79. The molecule has 0 saturated carbocycles. The van der Waals surface area contributed by atoms with Crippen molar-refractivity contribution in [3.05, 3.63) is 82.0 Å². The Morgan fingerprint density at radius 1 is 0.960 bits per heavy atom. The molecule has 0 unspecified atom stereocenters. The van der Waals surface area contributed by atoms with E-state index in [1.807, 2.05) is 54.8 Å². The summed E-state index contributed by atoms with van der Waals surface area (Å²) in [4.78, 5) is 24.9. The molecule has 3 rings (SSSR count). The van der Waals surface area contributed by atoms with Crippen molar-refractivity contribution in [1.82, 2.24) is 0 Å². The molecule has 0 bridgehead atoms. The van der Waals surface area contributed by atoms with Crippen LogP contribution in [0, 0.1) is 6.92 Å². The van der Waals surface area contributed by atoms with E-state index in [0.717, 1.165) is 16.8 Å². The van der Waals surface area contributed by atoms with Gasteiger partial charge in [0, 0.05) is 11.4 Å². The Kier molecular flexibility index (Phi) is 5.26. The first-order chi connectivity index (χ1) is 12.1. The molecule has 5 heteroatoms. The molecular formula is C20H18N2O2S. The molecule has 25 heavy (non-hydrogen) atoms. The van der Waals surface area contributed by atoms with Crippen molar-refractivity contribution in [2.24, 2.45) is 0 Å². The number of benzene rings is 2. The second kappa shape index (κ2) is 7.77. The first-order valence-electron chi connectivity index (χ1n) is 7.91. The molecule has 1 aromatic heterocycles. The van der Waals surface area contributed by atoms with Crippen molar-refractivity contribution in [3.8, 4) is 0 Å². The van der Waals surface area contributed by atoms with Gasteiger partial charge in [-0.05, 0) is 47.7 Å². The summed E-state index contributed by atoms with van der Waals surface area (Å²) < 4.78 is 0. The lowest BCUT2D eigenvalue weighted by molar-refractivity contribution is -0.115. The van der Waals surface area contributed by atoms with Gasteiger partial charge >= 0.3 is 0 Å². The molecule has 2 aromatic carbocycles. The van der Waals surface area contributed by atoms with Crippen molar-refractivity contribution in [2.45, 2.75) is 13.3 Å². The van der Waals surface area contributed by atoms with Crippen molar-refractivity contribution < 1.29 is 9.59 Å². The van der Waals surface area contributed by atoms with E-state index in [1.54, 1.807) is 18.2 Å². The maximum atomic E-state index is 12.1. The molecular weight excluding hydrogens is 332 g/mol. The summed E-state index contributed by atoms with van der Waals surface area (Å²) in [6.07, 6.45) is 0.330. The van der Waals surface area contributed by atoms with Gasteiger partial charge in [0.15, 0.2) is 0 Å². The monoisotopic (exact) mass is 350 g/mol. The number of aryl methyl sites for hydroxylation is 1.